The molecule has 0 aliphatic carbocycles. The van der Waals surface area contributed by atoms with Crippen LogP contribution in [0.2, 0.25) is 5.02 Å². The number of aryl methyl sites for hydroxylation is 1. The predicted octanol–water partition coefficient (Wildman–Crippen LogP) is 4.89. The molecule has 0 aliphatic heterocycles. The third kappa shape index (κ3) is 5.97. The normalized spacial score (nSPS) is 11.0. The number of halogens is 1. The first-order chi connectivity index (χ1) is 15.7. The lowest BCUT2D eigenvalue weighted by atomic mass is 10.2. The number of methoxy groups -OCH3 is 1. The fourth-order valence-corrected chi connectivity index (χ4v) is 4.72. The van der Waals surface area contributed by atoms with E-state index in [-0.39, 0.29) is 4.90 Å². The topological polar surface area (TPSA) is 84.9 Å². The molecule has 3 aromatic carbocycles. The number of sulfonamides is 1. The van der Waals surface area contributed by atoms with E-state index in [1.54, 1.807) is 48.5 Å². The lowest BCUT2D eigenvalue weighted by Gasteiger charge is -2.24. The van der Waals surface area contributed by atoms with E-state index in [2.05, 4.69) is 5.32 Å². The highest BCUT2D eigenvalue weighted by Crippen LogP contribution is 2.29. The highest BCUT2D eigenvalue weighted by Gasteiger charge is 2.27. The number of hydrogen-bond acceptors (Lipinski definition) is 5. The van der Waals surface area contributed by atoms with Gasteiger partial charge in [0.2, 0.25) is 5.91 Å². The number of carbonyl (C=O) groups excluding carboxylic acids is 1. The number of carbonyl (C=O) groups is 1. The smallest absolute Gasteiger partial charge is 0.264 e. The van der Waals surface area contributed by atoms with Crippen molar-refractivity contribution in [2.45, 2.75) is 18.7 Å². The van der Waals surface area contributed by atoms with Crippen molar-refractivity contribution in [3.05, 3.63) is 77.3 Å². The molecule has 1 N–H and O–H groups in total. The van der Waals surface area contributed by atoms with E-state index in [0.29, 0.717) is 34.5 Å². The van der Waals surface area contributed by atoms with Gasteiger partial charge in [0.1, 0.15) is 18.0 Å². The summed E-state index contributed by atoms with van der Waals surface area (Å²) in [6.45, 7) is 3.75. The maximum atomic E-state index is 13.5. The number of amides is 1. The molecule has 0 atom stereocenters. The van der Waals surface area contributed by atoms with Crippen molar-refractivity contribution in [2.75, 3.05) is 29.9 Å². The summed E-state index contributed by atoms with van der Waals surface area (Å²) in [5.41, 5.74) is 1.59. The van der Waals surface area contributed by atoms with Crippen molar-refractivity contribution in [3.63, 3.8) is 0 Å². The van der Waals surface area contributed by atoms with Crippen LogP contribution in [0.4, 0.5) is 11.4 Å². The third-order valence-electron chi connectivity index (χ3n) is 4.77. The summed E-state index contributed by atoms with van der Waals surface area (Å²) in [7, 11) is -2.57. The van der Waals surface area contributed by atoms with Crippen molar-refractivity contribution in [1.82, 2.24) is 0 Å². The lowest BCUT2D eigenvalue weighted by molar-refractivity contribution is -0.114. The average Bonchev–Trinajstić information content (AvgIpc) is 2.79. The van der Waals surface area contributed by atoms with E-state index in [1.165, 1.54) is 25.3 Å². The zero-order valence-electron chi connectivity index (χ0n) is 18.5. The maximum absolute atomic E-state index is 13.5. The van der Waals surface area contributed by atoms with Crippen LogP contribution < -0.4 is 19.1 Å². The minimum atomic E-state index is -4.03. The summed E-state index contributed by atoms with van der Waals surface area (Å²) < 4.78 is 38.7. The van der Waals surface area contributed by atoms with Crippen molar-refractivity contribution >= 4 is 38.9 Å². The second kappa shape index (κ2) is 10.6. The molecule has 0 aliphatic rings. The van der Waals surface area contributed by atoms with Gasteiger partial charge >= 0.3 is 0 Å². The molecule has 0 unspecified atom stereocenters. The average molecular weight is 489 g/mol. The summed E-state index contributed by atoms with van der Waals surface area (Å²) in [5.74, 6) is 0.448. The highest BCUT2D eigenvalue weighted by atomic mass is 35.5. The van der Waals surface area contributed by atoms with Gasteiger partial charge in [0.25, 0.3) is 10.0 Å². The van der Waals surface area contributed by atoms with Crippen LogP contribution in [-0.4, -0.2) is 34.6 Å². The molecule has 0 spiro atoms. The Morgan fingerprint density at radius 1 is 1.03 bits per heavy atom. The molecule has 0 fully saturated rings. The Labute approximate surface area is 198 Å². The van der Waals surface area contributed by atoms with E-state index in [1.807, 2.05) is 13.8 Å². The van der Waals surface area contributed by atoms with Crippen LogP contribution in [-0.2, 0) is 14.8 Å². The van der Waals surface area contributed by atoms with Crippen LogP contribution in [0.3, 0.4) is 0 Å². The van der Waals surface area contributed by atoms with Crippen molar-refractivity contribution in [1.29, 1.82) is 0 Å². The Balaban J connectivity index is 1.95. The third-order valence-corrected chi connectivity index (χ3v) is 6.79. The first-order valence-corrected chi connectivity index (χ1v) is 12.0. The summed E-state index contributed by atoms with van der Waals surface area (Å²) in [6.07, 6.45) is 0. The Kier molecular flexibility index (Phi) is 7.84. The van der Waals surface area contributed by atoms with E-state index in [9.17, 15) is 13.2 Å². The van der Waals surface area contributed by atoms with Crippen LogP contribution in [0.15, 0.2) is 71.6 Å². The zero-order valence-corrected chi connectivity index (χ0v) is 20.1. The largest absolute Gasteiger partial charge is 0.495 e. The lowest BCUT2D eigenvalue weighted by Crippen LogP contribution is -2.38. The van der Waals surface area contributed by atoms with E-state index in [4.69, 9.17) is 21.1 Å². The van der Waals surface area contributed by atoms with Gasteiger partial charge in [0.15, 0.2) is 0 Å². The molecule has 7 nitrogen and oxygen atoms in total. The molecule has 3 rings (SSSR count). The molecule has 0 radical (unpaired) electrons. The molecule has 0 aromatic heterocycles. The zero-order chi connectivity index (χ0) is 24.0. The molecular weight excluding hydrogens is 464 g/mol. The van der Waals surface area contributed by atoms with Gasteiger partial charge in [-0.15, -0.1) is 0 Å². The van der Waals surface area contributed by atoms with Gasteiger partial charge in [-0.05, 0) is 68.4 Å². The SMILES string of the molecule is CCOc1ccc(N(CC(=O)Nc2cc(Cl)ccc2OC)S(=O)(=O)c2ccc(C)cc2)cc1. The van der Waals surface area contributed by atoms with Gasteiger partial charge in [-0.2, -0.15) is 0 Å². The van der Waals surface area contributed by atoms with Gasteiger partial charge in [-0.25, -0.2) is 8.42 Å². The number of nitrogens with zero attached hydrogens (tertiary/aromatic N) is 1. The van der Waals surface area contributed by atoms with Crippen LogP contribution in [0.25, 0.3) is 0 Å². The fraction of sp³-hybridized carbons (Fsp3) is 0.208. The molecule has 0 saturated heterocycles. The van der Waals surface area contributed by atoms with Gasteiger partial charge in [0, 0.05) is 5.02 Å². The summed E-state index contributed by atoms with van der Waals surface area (Å²) in [5, 5.41) is 3.09. The first-order valence-electron chi connectivity index (χ1n) is 10.2. The van der Waals surface area contributed by atoms with Gasteiger partial charge < -0.3 is 14.8 Å². The second-order valence-corrected chi connectivity index (χ2v) is 9.44. The predicted molar refractivity (Wildman–Crippen MR) is 130 cm³/mol. The van der Waals surface area contributed by atoms with Crippen molar-refractivity contribution in [2.24, 2.45) is 0 Å². The Hall–Kier alpha value is -3.23. The number of benzene rings is 3. The molecule has 33 heavy (non-hydrogen) atoms. The van der Waals surface area contributed by atoms with Crippen LogP contribution >= 0.6 is 11.6 Å². The van der Waals surface area contributed by atoms with Crippen LogP contribution in [0, 0.1) is 6.92 Å². The molecular formula is C24H25ClN2O5S. The molecule has 3 aromatic rings. The standard InChI is InChI=1S/C24H25ClN2O5S/c1-4-32-20-10-8-19(9-11-20)27(33(29,30)21-12-5-17(2)6-13-21)16-24(28)26-22-15-18(25)7-14-23(22)31-3/h5-15H,4,16H2,1-3H3,(H,26,28). The van der Waals surface area contributed by atoms with Crippen LogP contribution in [0.1, 0.15) is 12.5 Å². The highest BCUT2D eigenvalue weighted by molar-refractivity contribution is 7.92. The van der Waals surface area contributed by atoms with E-state index in [0.717, 1.165) is 9.87 Å². The molecule has 174 valence electrons. The van der Waals surface area contributed by atoms with Crippen LogP contribution in [0.5, 0.6) is 11.5 Å². The second-order valence-electron chi connectivity index (χ2n) is 7.14. The Morgan fingerprint density at radius 3 is 2.30 bits per heavy atom. The minimum absolute atomic E-state index is 0.0788. The van der Waals surface area contributed by atoms with Crippen molar-refractivity contribution < 1.29 is 22.7 Å². The van der Waals surface area contributed by atoms with Gasteiger partial charge in [-0.3, -0.25) is 9.10 Å². The number of anilines is 2. The number of ether oxygens (including phenoxy) is 2. The fourth-order valence-electron chi connectivity index (χ4n) is 3.13. The summed E-state index contributed by atoms with van der Waals surface area (Å²) >= 11 is 6.04. The molecule has 1 amide bonds. The number of nitrogens with one attached hydrogen (secondary N) is 1. The van der Waals surface area contributed by atoms with Gasteiger partial charge in [0.05, 0.1) is 30.0 Å². The Bertz CT molecular complexity index is 1210. The minimum Gasteiger partial charge on any atom is -0.495 e. The first kappa shape index (κ1) is 24.4. The number of hydrogen-bond donors (Lipinski definition) is 1. The monoisotopic (exact) mass is 488 g/mol. The molecule has 0 heterocycles. The molecule has 0 saturated carbocycles. The van der Waals surface area contributed by atoms with E-state index < -0.39 is 22.5 Å². The maximum Gasteiger partial charge on any atom is 0.264 e. The molecule has 0 bridgehead atoms. The molecule has 9 heteroatoms. The Morgan fingerprint density at radius 2 is 1.70 bits per heavy atom. The van der Waals surface area contributed by atoms with Crippen molar-refractivity contribution in [3.8, 4) is 11.5 Å². The quantitative estimate of drug-likeness (QED) is 0.463. The number of rotatable bonds is 9. The summed E-state index contributed by atoms with van der Waals surface area (Å²) in [6, 6.07) is 17.8. The van der Waals surface area contributed by atoms with E-state index >= 15 is 0 Å². The van der Waals surface area contributed by atoms with Gasteiger partial charge in [-0.1, -0.05) is 29.3 Å². The summed E-state index contributed by atoms with van der Waals surface area (Å²) in [4.78, 5) is 13.0.